The molecule has 1 aliphatic rings. The molecule has 0 aliphatic carbocycles. The average Bonchev–Trinajstić information content (AvgIpc) is 2.70. The summed E-state index contributed by atoms with van der Waals surface area (Å²) >= 11 is 0. The van der Waals surface area contributed by atoms with Gasteiger partial charge in [0.15, 0.2) is 5.75 Å². The number of aromatic nitrogens is 2. The second-order valence-corrected chi connectivity index (χ2v) is 5.16. The molecule has 2 heterocycles. The lowest BCUT2D eigenvalue weighted by Gasteiger charge is -2.34. The van der Waals surface area contributed by atoms with Gasteiger partial charge in [0.1, 0.15) is 5.69 Å². The summed E-state index contributed by atoms with van der Waals surface area (Å²) in [6.07, 6.45) is 4.33. The molecular weight excluding hydrogens is 214 g/mol. The van der Waals surface area contributed by atoms with Gasteiger partial charge in [0, 0.05) is 19.0 Å². The maximum absolute atomic E-state index is 5.40. The van der Waals surface area contributed by atoms with Crippen LogP contribution < -0.4 is 4.74 Å². The van der Waals surface area contributed by atoms with Gasteiger partial charge < -0.3 is 9.64 Å². The summed E-state index contributed by atoms with van der Waals surface area (Å²) in [4.78, 5) is 2.53. The molecule has 0 atom stereocenters. The molecule has 1 saturated heterocycles. The zero-order valence-electron chi connectivity index (χ0n) is 11.3. The first kappa shape index (κ1) is 12.4. The molecule has 0 unspecified atom stereocenters. The first-order valence-electron chi connectivity index (χ1n) is 6.43. The number of rotatable bonds is 3. The Morgan fingerprint density at radius 3 is 2.53 bits per heavy atom. The van der Waals surface area contributed by atoms with Crippen LogP contribution in [0.2, 0.25) is 0 Å². The minimum Gasteiger partial charge on any atom is -0.493 e. The number of piperidine rings is 1. The van der Waals surface area contributed by atoms with E-state index in [9.17, 15) is 0 Å². The van der Waals surface area contributed by atoms with E-state index in [-0.39, 0.29) is 0 Å². The van der Waals surface area contributed by atoms with E-state index in [1.807, 2.05) is 17.9 Å². The van der Waals surface area contributed by atoms with Gasteiger partial charge in [-0.15, -0.1) is 0 Å². The molecule has 2 rings (SSSR count). The molecule has 0 saturated carbocycles. The van der Waals surface area contributed by atoms with E-state index in [1.54, 1.807) is 7.11 Å². The van der Waals surface area contributed by atoms with Crippen molar-refractivity contribution < 1.29 is 4.74 Å². The zero-order valence-corrected chi connectivity index (χ0v) is 11.3. The Morgan fingerprint density at radius 1 is 1.35 bits per heavy atom. The van der Waals surface area contributed by atoms with E-state index >= 15 is 0 Å². The third-order valence-corrected chi connectivity index (χ3v) is 3.69. The van der Waals surface area contributed by atoms with Crippen molar-refractivity contribution in [2.75, 3.05) is 20.2 Å². The lowest BCUT2D eigenvalue weighted by atomic mass is 9.92. The molecule has 0 aromatic carbocycles. The molecule has 4 heteroatoms. The molecule has 1 fully saturated rings. The van der Waals surface area contributed by atoms with Crippen molar-refractivity contribution in [3.63, 3.8) is 0 Å². The number of methoxy groups -OCH3 is 1. The SMILES string of the molecule is COc1cn(C)nc1C1CCN(C(C)C)CC1. The number of hydrogen-bond acceptors (Lipinski definition) is 3. The number of likely N-dealkylation sites (tertiary alicyclic amines) is 1. The molecule has 0 spiro atoms. The highest BCUT2D eigenvalue weighted by atomic mass is 16.5. The van der Waals surface area contributed by atoms with E-state index in [1.165, 1.54) is 25.9 Å². The van der Waals surface area contributed by atoms with Crippen molar-refractivity contribution in [2.24, 2.45) is 7.05 Å². The fourth-order valence-corrected chi connectivity index (χ4v) is 2.61. The largest absolute Gasteiger partial charge is 0.493 e. The standard InChI is InChI=1S/C13H23N3O/c1-10(2)16-7-5-11(6-8-16)13-12(17-4)9-15(3)14-13/h9-11H,5-8H2,1-4H3. The minimum absolute atomic E-state index is 0.557. The van der Waals surface area contributed by atoms with E-state index in [0.717, 1.165) is 11.4 Å². The molecule has 1 aromatic heterocycles. The van der Waals surface area contributed by atoms with Crippen LogP contribution in [0.1, 0.15) is 38.3 Å². The molecule has 1 aromatic rings. The Bertz CT molecular complexity index is 365. The lowest BCUT2D eigenvalue weighted by molar-refractivity contribution is 0.169. The van der Waals surface area contributed by atoms with E-state index < -0.39 is 0 Å². The van der Waals surface area contributed by atoms with Gasteiger partial charge >= 0.3 is 0 Å². The Labute approximate surface area is 104 Å². The van der Waals surface area contributed by atoms with Gasteiger partial charge in [-0.05, 0) is 39.8 Å². The molecular formula is C13H23N3O. The van der Waals surface area contributed by atoms with Crippen molar-refractivity contribution in [2.45, 2.75) is 38.6 Å². The Morgan fingerprint density at radius 2 is 2.00 bits per heavy atom. The summed E-state index contributed by atoms with van der Waals surface area (Å²) in [5, 5.41) is 4.55. The molecule has 0 radical (unpaired) electrons. The monoisotopic (exact) mass is 237 g/mol. The maximum Gasteiger partial charge on any atom is 0.160 e. The summed E-state index contributed by atoms with van der Waals surface area (Å²) in [6.45, 7) is 6.87. The normalized spacial score (nSPS) is 18.9. The molecule has 17 heavy (non-hydrogen) atoms. The molecule has 96 valence electrons. The molecule has 1 aliphatic heterocycles. The quantitative estimate of drug-likeness (QED) is 0.805. The zero-order chi connectivity index (χ0) is 12.4. The topological polar surface area (TPSA) is 30.3 Å². The summed E-state index contributed by atoms with van der Waals surface area (Å²) in [5.74, 6) is 1.50. The highest BCUT2D eigenvalue weighted by Crippen LogP contribution is 2.33. The summed E-state index contributed by atoms with van der Waals surface area (Å²) < 4.78 is 7.25. The first-order valence-corrected chi connectivity index (χ1v) is 6.43. The number of nitrogens with zero attached hydrogens (tertiary/aromatic N) is 3. The fraction of sp³-hybridized carbons (Fsp3) is 0.769. The molecule has 4 nitrogen and oxygen atoms in total. The van der Waals surface area contributed by atoms with Gasteiger partial charge in [-0.3, -0.25) is 4.68 Å². The van der Waals surface area contributed by atoms with Gasteiger partial charge in [0.25, 0.3) is 0 Å². The van der Waals surface area contributed by atoms with Gasteiger partial charge in [0.2, 0.25) is 0 Å². The maximum atomic E-state index is 5.40. The summed E-state index contributed by atoms with van der Waals surface area (Å²) in [5.41, 5.74) is 1.14. The van der Waals surface area contributed by atoms with Crippen molar-refractivity contribution in [3.8, 4) is 5.75 Å². The molecule has 0 N–H and O–H groups in total. The fourth-order valence-electron chi connectivity index (χ4n) is 2.61. The van der Waals surface area contributed by atoms with Gasteiger partial charge in [-0.25, -0.2) is 0 Å². The van der Waals surface area contributed by atoms with Crippen LogP contribution in [-0.2, 0) is 7.05 Å². The van der Waals surface area contributed by atoms with Crippen LogP contribution in [0.5, 0.6) is 5.75 Å². The van der Waals surface area contributed by atoms with E-state index in [4.69, 9.17) is 4.74 Å². The second kappa shape index (κ2) is 5.08. The minimum atomic E-state index is 0.557. The first-order chi connectivity index (χ1) is 8.11. The average molecular weight is 237 g/mol. The Kier molecular flexibility index (Phi) is 3.72. The highest BCUT2D eigenvalue weighted by Gasteiger charge is 2.26. The van der Waals surface area contributed by atoms with Crippen LogP contribution in [0.4, 0.5) is 0 Å². The predicted molar refractivity (Wildman–Crippen MR) is 68.4 cm³/mol. The Hall–Kier alpha value is -1.03. The number of hydrogen-bond donors (Lipinski definition) is 0. The van der Waals surface area contributed by atoms with Crippen LogP contribution in [0.15, 0.2) is 6.20 Å². The van der Waals surface area contributed by atoms with Crippen molar-refractivity contribution >= 4 is 0 Å². The second-order valence-electron chi connectivity index (χ2n) is 5.16. The molecule has 0 bridgehead atoms. The highest BCUT2D eigenvalue weighted by molar-refractivity contribution is 5.28. The van der Waals surface area contributed by atoms with Gasteiger partial charge in [-0.1, -0.05) is 0 Å². The Balaban J connectivity index is 2.05. The van der Waals surface area contributed by atoms with Crippen molar-refractivity contribution in [1.82, 2.24) is 14.7 Å². The van der Waals surface area contributed by atoms with Gasteiger partial charge in [0.05, 0.1) is 13.3 Å². The van der Waals surface area contributed by atoms with Crippen LogP contribution in [-0.4, -0.2) is 40.9 Å². The predicted octanol–water partition coefficient (Wildman–Crippen LogP) is 2.02. The van der Waals surface area contributed by atoms with Crippen molar-refractivity contribution in [1.29, 1.82) is 0 Å². The molecule has 0 amide bonds. The summed E-state index contributed by atoms with van der Waals surface area (Å²) in [7, 11) is 3.68. The third-order valence-electron chi connectivity index (χ3n) is 3.69. The number of aryl methyl sites for hydroxylation is 1. The third kappa shape index (κ3) is 2.63. The summed E-state index contributed by atoms with van der Waals surface area (Å²) in [6, 6.07) is 0.654. The number of ether oxygens (including phenoxy) is 1. The van der Waals surface area contributed by atoms with E-state index in [0.29, 0.717) is 12.0 Å². The van der Waals surface area contributed by atoms with Crippen LogP contribution in [0.25, 0.3) is 0 Å². The van der Waals surface area contributed by atoms with Crippen LogP contribution >= 0.6 is 0 Å². The lowest BCUT2D eigenvalue weighted by Crippen LogP contribution is -2.38. The van der Waals surface area contributed by atoms with E-state index in [2.05, 4.69) is 23.8 Å². The van der Waals surface area contributed by atoms with Crippen LogP contribution in [0, 0.1) is 0 Å². The van der Waals surface area contributed by atoms with Crippen molar-refractivity contribution in [3.05, 3.63) is 11.9 Å². The van der Waals surface area contributed by atoms with Crippen LogP contribution in [0.3, 0.4) is 0 Å². The van der Waals surface area contributed by atoms with Gasteiger partial charge in [-0.2, -0.15) is 5.10 Å². The smallest absolute Gasteiger partial charge is 0.160 e.